The zero-order valence-corrected chi connectivity index (χ0v) is 9.80. The highest BCUT2D eigenvalue weighted by Crippen LogP contribution is 1.81. The fourth-order valence-electron chi connectivity index (χ4n) is 1.01. The van der Waals surface area contributed by atoms with Crippen molar-refractivity contribution in [3.63, 3.8) is 0 Å². The Bertz CT molecular complexity index is 207. The molecule has 0 fully saturated rings. The van der Waals surface area contributed by atoms with Crippen LogP contribution < -0.4 is 10.6 Å². The molecule has 0 aromatic heterocycles. The lowest BCUT2D eigenvalue weighted by Crippen LogP contribution is -2.33. The van der Waals surface area contributed by atoms with Crippen LogP contribution >= 0.6 is 0 Å². The van der Waals surface area contributed by atoms with Crippen LogP contribution in [0.1, 0.15) is 20.3 Å². The maximum atomic E-state index is 10.8. The van der Waals surface area contributed by atoms with Gasteiger partial charge in [0.25, 0.3) is 0 Å². The fraction of sp³-hybridized carbons (Fsp3) is 0.800. The summed E-state index contributed by atoms with van der Waals surface area (Å²) < 4.78 is 0. The van der Waals surface area contributed by atoms with Crippen LogP contribution in [0.2, 0.25) is 0 Å². The second-order valence-corrected chi connectivity index (χ2v) is 3.53. The molecule has 0 aliphatic heterocycles. The third-order valence-electron chi connectivity index (χ3n) is 2.07. The van der Waals surface area contributed by atoms with Crippen molar-refractivity contribution < 1.29 is 9.59 Å². The van der Waals surface area contributed by atoms with Crippen LogP contribution in [-0.2, 0) is 9.59 Å². The summed E-state index contributed by atoms with van der Waals surface area (Å²) in [6, 6.07) is 0. The molecule has 5 nitrogen and oxygen atoms in total. The normalized spacial score (nSPS) is 9.80. The van der Waals surface area contributed by atoms with E-state index in [0.29, 0.717) is 6.54 Å². The Morgan fingerprint density at radius 2 is 1.80 bits per heavy atom. The van der Waals surface area contributed by atoms with E-state index in [-0.39, 0.29) is 11.8 Å². The first-order valence-electron chi connectivity index (χ1n) is 5.21. The lowest BCUT2D eigenvalue weighted by molar-refractivity contribution is -0.127. The van der Waals surface area contributed by atoms with Gasteiger partial charge in [-0.2, -0.15) is 0 Å². The van der Waals surface area contributed by atoms with Crippen molar-refractivity contribution in [3.05, 3.63) is 0 Å². The van der Waals surface area contributed by atoms with Crippen molar-refractivity contribution in [1.29, 1.82) is 0 Å². The molecule has 88 valence electrons. The number of rotatable bonds is 7. The summed E-state index contributed by atoms with van der Waals surface area (Å²) in [6.07, 6.45) is 0.906. The smallest absolute Gasteiger partial charge is 0.219 e. The molecule has 0 heterocycles. The summed E-state index contributed by atoms with van der Waals surface area (Å²) >= 11 is 0. The Kier molecular flexibility index (Phi) is 7.62. The molecule has 2 amide bonds. The Hall–Kier alpha value is -1.10. The van der Waals surface area contributed by atoms with Crippen LogP contribution in [0, 0.1) is 0 Å². The molecule has 2 N–H and O–H groups in total. The highest BCUT2D eigenvalue weighted by molar-refractivity contribution is 5.73. The monoisotopic (exact) mass is 215 g/mol. The molecule has 0 rings (SSSR count). The highest BCUT2D eigenvalue weighted by atomic mass is 16.2. The molecule has 0 saturated heterocycles. The highest BCUT2D eigenvalue weighted by Gasteiger charge is 1.99. The van der Waals surface area contributed by atoms with Crippen molar-refractivity contribution in [2.45, 2.75) is 20.3 Å². The summed E-state index contributed by atoms with van der Waals surface area (Å²) in [5.41, 5.74) is 0. The van der Waals surface area contributed by atoms with E-state index in [1.165, 1.54) is 6.92 Å². The van der Waals surface area contributed by atoms with Crippen molar-refractivity contribution in [2.75, 3.05) is 33.2 Å². The minimum atomic E-state index is 0.00585. The van der Waals surface area contributed by atoms with E-state index in [1.54, 1.807) is 18.9 Å². The van der Waals surface area contributed by atoms with E-state index in [9.17, 15) is 9.59 Å². The summed E-state index contributed by atoms with van der Waals surface area (Å²) in [4.78, 5) is 23.0. The average molecular weight is 215 g/mol. The molecular formula is C10H21N3O2. The van der Waals surface area contributed by atoms with Gasteiger partial charge in [0, 0.05) is 40.5 Å². The summed E-state index contributed by atoms with van der Waals surface area (Å²) in [7, 11) is 1.78. The van der Waals surface area contributed by atoms with E-state index >= 15 is 0 Å². The SMILES string of the molecule is CC(=O)NCCCNCCN(C)C(C)=O. The van der Waals surface area contributed by atoms with Crippen LogP contribution in [0.5, 0.6) is 0 Å². The van der Waals surface area contributed by atoms with Crippen molar-refractivity contribution in [3.8, 4) is 0 Å². The van der Waals surface area contributed by atoms with Gasteiger partial charge in [-0.3, -0.25) is 9.59 Å². The number of nitrogens with one attached hydrogen (secondary N) is 2. The number of amides is 2. The largest absolute Gasteiger partial charge is 0.356 e. The molecule has 0 atom stereocenters. The van der Waals surface area contributed by atoms with Crippen LogP contribution in [0.25, 0.3) is 0 Å². The molecule has 0 saturated carbocycles. The lowest BCUT2D eigenvalue weighted by atomic mass is 10.4. The summed E-state index contributed by atoms with van der Waals surface area (Å²) in [5.74, 6) is 0.0846. The van der Waals surface area contributed by atoms with Crippen molar-refractivity contribution in [1.82, 2.24) is 15.5 Å². The molecule has 0 aliphatic carbocycles. The van der Waals surface area contributed by atoms with Gasteiger partial charge in [0.1, 0.15) is 0 Å². The minimum Gasteiger partial charge on any atom is -0.356 e. The number of hydrogen-bond acceptors (Lipinski definition) is 3. The van der Waals surface area contributed by atoms with Gasteiger partial charge in [0.05, 0.1) is 0 Å². The Balaban J connectivity index is 3.18. The predicted molar refractivity (Wildman–Crippen MR) is 59.5 cm³/mol. The average Bonchev–Trinajstić information content (AvgIpc) is 2.15. The molecule has 0 radical (unpaired) electrons. The first-order chi connectivity index (χ1) is 7.04. The Morgan fingerprint density at radius 3 is 2.33 bits per heavy atom. The van der Waals surface area contributed by atoms with Crippen molar-refractivity contribution >= 4 is 11.8 Å². The molecule has 15 heavy (non-hydrogen) atoms. The summed E-state index contributed by atoms with van der Waals surface area (Å²) in [6.45, 7) is 6.12. The molecule has 0 aromatic rings. The van der Waals surface area contributed by atoms with E-state index < -0.39 is 0 Å². The van der Waals surface area contributed by atoms with Crippen LogP contribution in [-0.4, -0.2) is 49.9 Å². The first kappa shape index (κ1) is 13.9. The molecule has 5 heteroatoms. The van der Waals surface area contributed by atoms with Crippen LogP contribution in [0.15, 0.2) is 0 Å². The molecule has 0 aromatic carbocycles. The van der Waals surface area contributed by atoms with Gasteiger partial charge in [0.15, 0.2) is 0 Å². The van der Waals surface area contributed by atoms with Gasteiger partial charge in [0.2, 0.25) is 11.8 Å². The topological polar surface area (TPSA) is 61.4 Å². The van der Waals surface area contributed by atoms with Crippen LogP contribution in [0.3, 0.4) is 0 Å². The van der Waals surface area contributed by atoms with E-state index in [0.717, 1.165) is 26.1 Å². The Labute approximate surface area is 91.2 Å². The van der Waals surface area contributed by atoms with Gasteiger partial charge < -0.3 is 15.5 Å². The van der Waals surface area contributed by atoms with Gasteiger partial charge >= 0.3 is 0 Å². The third-order valence-corrected chi connectivity index (χ3v) is 2.07. The number of nitrogens with zero attached hydrogens (tertiary/aromatic N) is 1. The van der Waals surface area contributed by atoms with E-state index in [4.69, 9.17) is 0 Å². The molecular weight excluding hydrogens is 194 g/mol. The maximum Gasteiger partial charge on any atom is 0.219 e. The second kappa shape index (κ2) is 8.23. The van der Waals surface area contributed by atoms with Crippen LogP contribution in [0.4, 0.5) is 0 Å². The maximum absolute atomic E-state index is 10.8. The zero-order chi connectivity index (χ0) is 11.7. The van der Waals surface area contributed by atoms with E-state index in [2.05, 4.69) is 10.6 Å². The number of carbonyl (C=O) groups is 2. The van der Waals surface area contributed by atoms with E-state index in [1.807, 2.05) is 0 Å². The number of carbonyl (C=O) groups excluding carboxylic acids is 2. The quantitative estimate of drug-likeness (QED) is 0.567. The van der Waals surface area contributed by atoms with Crippen molar-refractivity contribution in [2.24, 2.45) is 0 Å². The fourth-order valence-corrected chi connectivity index (χ4v) is 1.01. The van der Waals surface area contributed by atoms with Gasteiger partial charge in [-0.05, 0) is 13.0 Å². The predicted octanol–water partition coefficient (Wildman–Crippen LogP) is -0.419. The standard InChI is InChI=1S/C10H21N3O2/c1-9(14)12-6-4-5-11-7-8-13(3)10(2)15/h11H,4-8H2,1-3H3,(H,12,14). The third kappa shape index (κ3) is 9.21. The Morgan fingerprint density at radius 1 is 1.13 bits per heavy atom. The number of likely N-dealkylation sites (N-methyl/N-ethyl adjacent to an activating group) is 1. The molecule has 0 unspecified atom stereocenters. The lowest BCUT2D eigenvalue weighted by Gasteiger charge is -2.14. The van der Waals surface area contributed by atoms with Gasteiger partial charge in [-0.15, -0.1) is 0 Å². The number of hydrogen-bond donors (Lipinski definition) is 2. The molecule has 0 aliphatic rings. The second-order valence-electron chi connectivity index (χ2n) is 3.53. The zero-order valence-electron chi connectivity index (χ0n) is 9.80. The van der Waals surface area contributed by atoms with Gasteiger partial charge in [-0.25, -0.2) is 0 Å². The molecule has 0 spiro atoms. The summed E-state index contributed by atoms with van der Waals surface area (Å²) in [5, 5.41) is 5.92. The van der Waals surface area contributed by atoms with Gasteiger partial charge in [-0.1, -0.05) is 0 Å². The molecule has 0 bridgehead atoms. The minimum absolute atomic E-state index is 0.00585. The first-order valence-corrected chi connectivity index (χ1v) is 5.21.